The van der Waals surface area contributed by atoms with Crippen molar-refractivity contribution in [2.75, 3.05) is 13.2 Å². The smallest absolute Gasteiger partial charge is 0.331 e. The molecule has 186 valence electrons. The fourth-order valence-electron chi connectivity index (χ4n) is 3.57. The number of esters is 2. The SMILES string of the molecule is CCOC(=O)[C@H](Cc1ccccc1)N=Cc1ccc(C=N[C@@H](Cc2ccccc2)C(=O)OCC)cc1. The molecule has 0 amide bonds. The second-order valence-corrected chi connectivity index (χ2v) is 8.14. The molecule has 6 heteroatoms. The fraction of sp³-hybridized carbons (Fsp3) is 0.267. The maximum absolute atomic E-state index is 12.4. The van der Waals surface area contributed by atoms with E-state index in [9.17, 15) is 9.59 Å². The molecule has 0 fully saturated rings. The third kappa shape index (κ3) is 8.62. The number of benzene rings is 3. The zero-order valence-electron chi connectivity index (χ0n) is 20.7. The van der Waals surface area contributed by atoms with Crippen molar-refractivity contribution in [2.24, 2.45) is 9.98 Å². The summed E-state index contributed by atoms with van der Waals surface area (Å²) < 4.78 is 10.4. The number of hydrogen-bond donors (Lipinski definition) is 0. The number of ether oxygens (including phenoxy) is 2. The van der Waals surface area contributed by atoms with Gasteiger partial charge in [-0.1, -0.05) is 84.9 Å². The molecule has 0 aromatic heterocycles. The molecule has 0 aliphatic carbocycles. The molecule has 0 aliphatic rings. The summed E-state index contributed by atoms with van der Waals surface area (Å²) in [6.45, 7) is 4.19. The Labute approximate surface area is 212 Å². The molecule has 0 saturated carbocycles. The molecule has 36 heavy (non-hydrogen) atoms. The average molecular weight is 485 g/mol. The highest BCUT2D eigenvalue weighted by Crippen LogP contribution is 2.11. The minimum Gasteiger partial charge on any atom is -0.464 e. The van der Waals surface area contributed by atoms with E-state index < -0.39 is 12.1 Å². The molecule has 0 N–H and O–H groups in total. The molecule has 0 saturated heterocycles. The van der Waals surface area contributed by atoms with E-state index in [0.29, 0.717) is 26.1 Å². The number of carbonyl (C=O) groups excluding carboxylic acids is 2. The fourth-order valence-corrected chi connectivity index (χ4v) is 3.57. The van der Waals surface area contributed by atoms with Crippen molar-refractivity contribution in [1.29, 1.82) is 0 Å². The summed E-state index contributed by atoms with van der Waals surface area (Å²) in [7, 11) is 0. The van der Waals surface area contributed by atoms with Crippen LogP contribution in [0.5, 0.6) is 0 Å². The minimum atomic E-state index is -0.614. The summed E-state index contributed by atoms with van der Waals surface area (Å²) in [6.07, 6.45) is 4.31. The molecule has 0 spiro atoms. The van der Waals surface area contributed by atoms with Crippen molar-refractivity contribution < 1.29 is 19.1 Å². The molecule has 0 unspecified atom stereocenters. The van der Waals surface area contributed by atoms with Gasteiger partial charge in [0.1, 0.15) is 0 Å². The van der Waals surface area contributed by atoms with Crippen LogP contribution in [-0.4, -0.2) is 49.7 Å². The van der Waals surface area contributed by atoms with Gasteiger partial charge in [-0.15, -0.1) is 0 Å². The van der Waals surface area contributed by atoms with Gasteiger partial charge in [0.2, 0.25) is 0 Å². The van der Waals surface area contributed by atoms with E-state index in [2.05, 4.69) is 9.98 Å². The molecule has 2 atom stereocenters. The maximum atomic E-state index is 12.4. The number of hydrogen-bond acceptors (Lipinski definition) is 6. The van der Waals surface area contributed by atoms with Crippen molar-refractivity contribution in [3.63, 3.8) is 0 Å². The summed E-state index contributed by atoms with van der Waals surface area (Å²) in [5, 5.41) is 0. The number of rotatable bonds is 12. The van der Waals surface area contributed by atoms with E-state index in [-0.39, 0.29) is 11.9 Å². The van der Waals surface area contributed by atoms with E-state index in [4.69, 9.17) is 9.47 Å². The first-order valence-electron chi connectivity index (χ1n) is 12.2. The Kier molecular flexibility index (Phi) is 10.6. The van der Waals surface area contributed by atoms with Crippen LogP contribution in [0.1, 0.15) is 36.1 Å². The van der Waals surface area contributed by atoms with E-state index >= 15 is 0 Å². The van der Waals surface area contributed by atoms with Gasteiger partial charge in [-0.3, -0.25) is 9.98 Å². The van der Waals surface area contributed by atoms with Gasteiger partial charge in [0.25, 0.3) is 0 Å². The topological polar surface area (TPSA) is 77.3 Å². The van der Waals surface area contributed by atoms with Gasteiger partial charge in [-0.25, -0.2) is 9.59 Å². The van der Waals surface area contributed by atoms with Crippen LogP contribution in [0.3, 0.4) is 0 Å². The lowest BCUT2D eigenvalue weighted by atomic mass is 10.1. The van der Waals surface area contributed by atoms with Gasteiger partial charge in [0.15, 0.2) is 12.1 Å². The predicted molar refractivity (Wildman–Crippen MR) is 143 cm³/mol. The zero-order valence-corrected chi connectivity index (χ0v) is 20.7. The number of carbonyl (C=O) groups is 2. The Morgan fingerprint density at radius 3 is 1.33 bits per heavy atom. The van der Waals surface area contributed by atoms with Gasteiger partial charge < -0.3 is 9.47 Å². The van der Waals surface area contributed by atoms with Crippen molar-refractivity contribution in [3.05, 3.63) is 107 Å². The van der Waals surface area contributed by atoms with Crippen molar-refractivity contribution in [1.82, 2.24) is 0 Å². The first kappa shape index (κ1) is 26.5. The lowest BCUT2D eigenvalue weighted by Crippen LogP contribution is -2.24. The third-order valence-electron chi connectivity index (χ3n) is 5.40. The summed E-state index contributed by atoms with van der Waals surface area (Å²) in [6, 6.07) is 25.9. The molecule has 6 nitrogen and oxygen atoms in total. The Balaban J connectivity index is 1.69. The second-order valence-electron chi connectivity index (χ2n) is 8.14. The molecule has 3 aromatic rings. The zero-order chi connectivity index (χ0) is 25.6. The van der Waals surface area contributed by atoms with Crippen LogP contribution in [0, 0.1) is 0 Å². The summed E-state index contributed by atoms with van der Waals surface area (Å²) >= 11 is 0. The molecule has 0 heterocycles. The highest BCUT2D eigenvalue weighted by atomic mass is 16.5. The van der Waals surface area contributed by atoms with Crippen LogP contribution in [0.2, 0.25) is 0 Å². The highest BCUT2D eigenvalue weighted by molar-refractivity contribution is 5.87. The van der Waals surface area contributed by atoms with Gasteiger partial charge in [0.05, 0.1) is 13.2 Å². The average Bonchev–Trinajstić information content (AvgIpc) is 2.91. The lowest BCUT2D eigenvalue weighted by molar-refractivity contribution is -0.145. The quantitative estimate of drug-likeness (QED) is 0.271. The normalized spacial score (nSPS) is 12.9. The van der Waals surface area contributed by atoms with Gasteiger partial charge in [-0.2, -0.15) is 0 Å². The third-order valence-corrected chi connectivity index (χ3v) is 5.40. The summed E-state index contributed by atoms with van der Waals surface area (Å²) in [5.74, 6) is -0.686. The summed E-state index contributed by atoms with van der Waals surface area (Å²) in [4.78, 5) is 33.8. The molecule has 0 bridgehead atoms. The van der Waals surface area contributed by atoms with Crippen molar-refractivity contribution >= 4 is 24.4 Å². The van der Waals surface area contributed by atoms with Crippen LogP contribution < -0.4 is 0 Å². The van der Waals surface area contributed by atoms with E-state index in [1.807, 2.05) is 84.9 Å². The molecular weight excluding hydrogens is 452 g/mol. The van der Waals surface area contributed by atoms with Crippen LogP contribution in [0.4, 0.5) is 0 Å². The summed E-state index contributed by atoms with van der Waals surface area (Å²) in [5.41, 5.74) is 3.73. The van der Waals surface area contributed by atoms with E-state index in [0.717, 1.165) is 22.3 Å². The predicted octanol–water partition coefficient (Wildman–Crippen LogP) is 4.87. The highest BCUT2D eigenvalue weighted by Gasteiger charge is 2.19. The van der Waals surface area contributed by atoms with Crippen LogP contribution in [0.15, 0.2) is 94.9 Å². The second kappa shape index (κ2) is 14.4. The van der Waals surface area contributed by atoms with Gasteiger partial charge in [0, 0.05) is 25.3 Å². The minimum absolute atomic E-state index is 0.310. The van der Waals surface area contributed by atoms with E-state index in [1.165, 1.54) is 0 Å². The number of aliphatic imine (C=N–C) groups is 2. The van der Waals surface area contributed by atoms with Crippen molar-refractivity contribution in [3.8, 4) is 0 Å². The maximum Gasteiger partial charge on any atom is 0.331 e. The molecular formula is C30H32N2O4. The Bertz CT molecular complexity index is 1050. The largest absolute Gasteiger partial charge is 0.464 e. The van der Waals surface area contributed by atoms with Crippen LogP contribution >= 0.6 is 0 Å². The Hall–Kier alpha value is -4.06. The molecule has 0 radical (unpaired) electrons. The number of nitrogens with zero attached hydrogens (tertiary/aromatic N) is 2. The van der Waals surface area contributed by atoms with Crippen LogP contribution in [0.25, 0.3) is 0 Å². The molecule has 3 aromatic carbocycles. The molecule has 3 rings (SSSR count). The molecule has 0 aliphatic heterocycles. The Morgan fingerprint density at radius 1 is 0.639 bits per heavy atom. The first-order valence-corrected chi connectivity index (χ1v) is 12.2. The standard InChI is InChI=1S/C30H32N2O4/c1-3-35-29(33)27(19-23-11-7-5-8-12-23)31-21-25-15-17-26(18-16-25)22-32-28(30(34)36-4-2)20-24-13-9-6-10-14-24/h5-18,21-22,27-28H,3-4,19-20H2,1-2H3/t27-,28-/m0/s1. The Morgan fingerprint density at radius 2 is 1.00 bits per heavy atom. The lowest BCUT2D eigenvalue weighted by Gasteiger charge is -2.12. The monoisotopic (exact) mass is 484 g/mol. The van der Waals surface area contributed by atoms with Crippen molar-refractivity contribution in [2.45, 2.75) is 38.8 Å². The van der Waals surface area contributed by atoms with Crippen LogP contribution in [-0.2, 0) is 31.9 Å². The van der Waals surface area contributed by atoms with Gasteiger partial charge >= 0.3 is 11.9 Å². The van der Waals surface area contributed by atoms with E-state index in [1.54, 1.807) is 26.3 Å². The van der Waals surface area contributed by atoms with Gasteiger partial charge in [-0.05, 0) is 36.1 Å². The first-order chi connectivity index (χ1) is 17.6.